The Morgan fingerprint density at radius 2 is 1.71 bits per heavy atom. The molecule has 1 unspecified atom stereocenters. The van der Waals surface area contributed by atoms with Gasteiger partial charge in [0.2, 0.25) is 0 Å². The number of benzene rings is 2. The highest BCUT2D eigenvalue weighted by Crippen LogP contribution is 2.26. The SMILES string of the molecule is CC(C)Cc1ccc(C(C)C(=O)O)cc1NC(=O)c1ccccc1. The maximum Gasteiger partial charge on any atom is 0.310 e. The smallest absolute Gasteiger partial charge is 0.310 e. The third-order valence-electron chi connectivity index (χ3n) is 3.92. The van der Waals surface area contributed by atoms with E-state index >= 15 is 0 Å². The molecule has 0 fully saturated rings. The van der Waals surface area contributed by atoms with E-state index in [1.54, 1.807) is 25.1 Å². The highest BCUT2D eigenvalue weighted by molar-refractivity contribution is 6.04. The Hall–Kier alpha value is -2.62. The second kappa shape index (κ2) is 7.77. The van der Waals surface area contributed by atoms with E-state index in [9.17, 15) is 14.7 Å². The molecule has 0 radical (unpaired) electrons. The molecule has 2 aromatic carbocycles. The zero-order valence-corrected chi connectivity index (χ0v) is 14.2. The number of amides is 1. The normalized spacial score (nSPS) is 12.0. The molecule has 0 aliphatic heterocycles. The Bertz CT molecular complexity index is 723. The number of hydrogen-bond donors (Lipinski definition) is 2. The molecule has 0 spiro atoms. The first kappa shape index (κ1) is 17.7. The fraction of sp³-hybridized carbons (Fsp3) is 0.300. The summed E-state index contributed by atoms with van der Waals surface area (Å²) in [5, 5.41) is 12.1. The summed E-state index contributed by atoms with van der Waals surface area (Å²) in [7, 11) is 0. The van der Waals surface area contributed by atoms with Gasteiger partial charge in [0.05, 0.1) is 5.92 Å². The van der Waals surface area contributed by atoms with Crippen molar-refractivity contribution in [3.63, 3.8) is 0 Å². The lowest BCUT2D eigenvalue weighted by Gasteiger charge is -2.16. The van der Waals surface area contributed by atoms with E-state index in [-0.39, 0.29) is 5.91 Å². The summed E-state index contributed by atoms with van der Waals surface area (Å²) in [6.45, 7) is 5.86. The quantitative estimate of drug-likeness (QED) is 0.831. The lowest BCUT2D eigenvalue weighted by Crippen LogP contribution is -2.15. The molecule has 1 amide bonds. The standard InChI is InChI=1S/C20H23NO3/c1-13(2)11-17-10-9-16(14(3)20(23)24)12-18(17)21-19(22)15-7-5-4-6-8-15/h4-10,12-14H,11H2,1-3H3,(H,21,22)(H,23,24). The molecule has 4 nitrogen and oxygen atoms in total. The van der Waals surface area contributed by atoms with Crippen molar-refractivity contribution in [2.75, 3.05) is 5.32 Å². The van der Waals surface area contributed by atoms with Crippen LogP contribution in [0.5, 0.6) is 0 Å². The summed E-state index contributed by atoms with van der Waals surface area (Å²) in [5.74, 6) is -1.27. The van der Waals surface area contributed by atoms with Gasteiger partial charge >= 0.3 is 5.97 Å². The second-order valence-electron chi connectivity index (χ2n) is 6.39. The minimum absolute atomic E-state index is 0.194. The van der Waals surface area contributed by atoms with Crippen LogP contribution in [0.15, 0.2) is 48.5 Å². The maximum absolute atomic E-state index is 12.4. The molecule has 0 aliphatic rings. The molecular formula is C20H23NO3. The molecule has 2 N–H and O–H groups in total. The van der Waals surface area contributed by atoms with Crippen LogP contribution in [0.3, 0.4) is 0 Å². The Balaban J connectivity index is 2.34. The zero-order chi connectivity index (χ0) is 17.7. The van der Waals surface area contributed by atoms with E-state index < -0.39 is 11.9 Å². The molecule has 0 bridgehead atoms. The van der Waals surface area contributed by atoms with Crippen molar-refractivity contribution in [3.8, 4) is 0 Å². The summed E-state index contributed by atoms with van der Waals surface area (Å²) in [4.78, 5) is 23.7. The second-order valence-corrected chi connectivity index (χ2v) is 6.39. The number of nitrogens with one attached hydrogen (secondary N) is 1. The van der Waals surface area contributed by atoms with Gasteiger partial charge in [-0.25, -0.2) is 0 Å². The number of carboxylic acids is 1. The fourth-order valence-electron chi connectivity index (χ4n) is 2.52. The van der Waals surface area contributed by atoms with Crippen LogP contribution in [0.2, 0.25) is 0 Å². The van der Waals surface area contributed by atoms with E-state index in [1.807, 2.05) is 30.3 Å². The van der Waals surface area contributed by atoms with Gasteiger partial charge in [0.25, 0.3) is 5.91 Å². The first-order valence-electron chi connectivity index (χ1n) is 8.10. The number of carbonyl (C=O) groups excluding carboxylic acids is 1. The van der Waals surface area contributed by atoms with Crippen LogP contribution < -0.4 is 5.32 Å². The average Bonchev–Trinajstić information content (AvgIpc) is 2.56. The lowest BCUT2D eigenvalue weighted by atomic mass is 9.95. The Morgan fingerprint density at radius 1 is 1.04 bits per heavy atom. The molecule has 2 rings (SSSR count). The topological polar surface area (TPSA) is 66.4 Å². The number of anilines is 1. The van der Waals surface area contributed by atoms with E-state index in [4.69, 9.17) is 0 Å². The van der Waals surface area contributed by atoms with Crippen molar-refractivity contribution in [2.45, 2.75) is 33.1 Å². The van der Waals surface area contributed by atoms with Crippen LogP contribution in [0.25, 0.3) is 0 Å². The number of rotatable bonds is 6. The molecule has 0 aliphatic carbocycles. The van der Waals surface area contributed by atoms with E-state index in [0.29, 0.717) is 22.7 Å². The van der Waals surface area contributed by atoms with Crippen molar-refractivity contribution in [2.24, 2.45) is 5.92 Å². The largest absolute Gasteiger partial charge is 0.481 e. The monoisotopic (exact) mass is 325 g/mol. The molecule has 126 valence electrons. The first-order chi connectivity index (χ1) is 11.4. The third kappa shape index (κ3) is 4.44. The molecular weight excluding hydrogens is 302 g/mol. The van der Waals surface area contributed by atoms with Crippen molar-refractivity contribution in [3.05, 3.63) is 65.2 Å². The van der Waals surface area contributed by atoms with Crippen LogP contribution in [0.1, 0.15) is 48.2 Å². The fourth-order valence-corrected chi connectivity index (χ4v) is 2.52. The van der Waals surface area contributed by atoms with Crippen LogP contribution in [0.4, 0.5) is 5.69 Å². The van der Waals surface area contributed by atoms with Gasteiger partial charge in [-0.1, -0.05) is 44.2 Å². The summed E-state index contributed by atoms with van der Waals surface area (Å²) in [6, 6.07) is 14.5. The predicted molar refractivity (Wildman–Crippen MR) is 95.4 cm³/mol. The van der Waals surface area contributed by atoms with Crippen LogP contribution >= 0.6 is 0 Å². The lowest BCUT2D eigenvalue weighted by molar-refractivity contribution is -0.138. The molecule has 0 saturated carbocycles. The summed E-state index contributed by atoms with van der Waals surface area (Å²) < 4.78 is 0. The molecule has 2 aromatic rings. The van der Waals surface area contributed by atoms with Gasteiger partial charge in [-0.3, -0.25) is 9.59 Å². The predicted octanol–water partition coefficient (Wildman–Crippen LogP) is 4.33. The van der Waals surface area contributed by atoms with Gasteiger partial charge < -0.3 is 10.4 Å². The van der Waals surface area contributed by atoms with Gasteiger partial charge in [-0.15, -0.1) is 0 Å². The van der Waals surface area contributed by atoms with Crippen LogP contribution in [-0.4, -0.2) is 17.0 Å². The van der Waals surface area contributed by atoms with E-state index in [1.165, 1.54) is 0 Å². The van der Waals surface area contributed by atoms with E-state index in [2.05, 4.69) is 19.2 Å². The first-order valence-corrected chi connectivity index (χ1v) is 8.10. The van der Waals surface area contributed by atoms with Gasteiger partial charge in [0.15, 0.2) is 0 Å². The van der Waals surface area contributed by atoms with Gasteiger partial charge in [-0.05, 0) is 48.6 Å². The molecule has 0 saturated heterocycles. The summed E-state index contributed by atoms with van der Waals surface area (Å²) in [6.07, 6.45) is 0.812. The van der Waals surface area contributed by atoms with Gasteiger partial charge in [-0.2, -0.15) is 0 Å². The molecule has 24 heavy (non-hydrogen) atoms. The number of carboxylic acid groups (broad SMARTS) is 1. The number of hydrogen-bond acceptors (Lipinski definition) is 2. The van der Waals surface area contributed by atoms with Crippen molar-refractivity contribution < 1.29 is 14.7 Å². The van der Waals surface area contributed by atoms with Crippen molar-refractivity contribution in [1.29, 1.82) is 0 Å². The van der Waals surface area contributed by atoms with E-state index in [0.717, 1.165) is 12.0 Å². The van der Waals surface area contributed by atoms with Crippen molar-refractivity contribution in [1.82, 2.24) is 0 Å². The highest BCUT2D eigenvalue weighted by atomic mass is 16.4. The van der Waals surface area contributed by atoms with Crippen molar-refractivity contribution >= 4 is 17.6 Å². The zero-order valence-electron chi connectivity index (χ0n) is 14.2. The summed E-state index contributed by atoms with van der Waals surface area (Å²) in [5.41, 5.74) is 2.95. The summed E-state index contributed by atoms with van der Waals surface area (Å²) >= 11 is 0. The third-order valence-corrected chi connectivity index (χ3v) is 3.92. The maximum atomic E-state index is 12.4. The number of aliphatic carboxylic acids is 1. The molecule has 0 aromatic heterocycles. The average molecular weight is 325 g/mol. The number of carbonyl (C=O) groups is 2. The molecule has 4 heteroatoms. The minimum atomic E-state index is -0.882. The Labute approximate surface area is 142 Å². The minimum Gasteiger partial charge on any atom is -0.481 e. The van der Waals surface area contributed by atoms with Gasteiger partial charge in [0.1, 0.15) is 0 Å². The van der Waals surface area contributed by atoms with Gasteiger partial charge in [0, 0.05) is 11.3 Å². The highest BCUT2D eigenvalue weighted by Gasteiger charge is 2.17. The van der Waals surface area contributed by atoms with Crippen LogP contribution in [-0.2, 0) is 11.2 Å². The Kier molecular flexibility index (Phi) is 5.74. The molecule has 0 heterocycles. The molecule has 1 atom stereocenters. The van der Waals surface area contributed by atoms with Crippen LogP contribution in [0, 0.1) is 5.92 Å². The Morgan fingerprint density at radius 3 is 2.29 bits per heavy atom.